The van der Waals surface area contributed by atoms with E-state index in [0.29, 0.717) is 17.9 Å². The van der Waals surface area contributed by atoms with Gasteiger partial charge in [0, 0.05) is 13.6 Å². The van der Waals surface area contributed by atoms with Crippen LogP contribution >= 0.6 is 0 Å². The standard InChI is InChI=1S/C14H18N4O2/c1-4-17(2)13-11(14(19)20-3)12(15)18(16-13)10-8-6-5-7-9-10/h5-9H,4,15H2,1-3H3. The van der Waals surface area contributed by atoms with Crippen LogP contribution in [0.4, 0.5) is 11.6 Å². The van der Waals surface area contributed by atoms with E-state index in [0.717, 1.165) is 5.69 Å². The minimum Gasteiger partial charge on any atom is -0.465 e. The molecule has 0 aliphatic carbocycles. The van der Waals surface area contributed by atoms with Gasteiger partial charge in [-0.3, -0.25) is 0 Å². The lowest BCUT2D eigenvalue weighted by atomic mass is 10.2. The molecule has 2 rings (SSSR count). The smallest absolute Gasteiger partial charge is 0.345 e. The lowest BCUT2D eigenvalue weighted by Gasteiger charge is -2.14. The second-order valence-corrected chi connectivity index (χ2v) is 4.34. The largest absolute Gasteiger partial charge is 0.465 e. The highest BCUT2D eigenvalue weighted by Gasteiger charge is 2.25. The average Bonchev–Trinajstić information content (AvgIpc) is 2.84. The Balaban J connectivity index is 2.61. The van der Waals surface area contributed by atoms with Gasteiger partial charge in [-0.25, -0.2) is 9.48 Å². The maximum atomic E-state index is 11.9. The molecule has 0 radical (unpaired) electrons. The molecule has 0 saturated heterocycles. The van der Waals surface area contributed by atoms with E-state index in [1.54, 1.807) is 4.68 Å². The third-order valence-electron chi connectivity index (χ3n) is 3.13. The molecule has 0 aliphatic rings. The van der Waals surface area contributed by atoms with Crippen molar-refractivity contribution in [2.75, 3.05) is 31.3 Å². The zero-order valence-electron chi connectivity index (χ0n) is 11.8. The first kappa shape index (κ1) is 13.9. The molecule has 1 aromatic carbocycles. The summed E-state index contributed by atoms with van der Waals surface area (Å²) in [5.74, 6) is 0.305. The van der Waals surface area contributed by atoms with Gasteiger partial charge in [-0.2, -0.15) is 0 Å². The molecule has 0 unspecified atom stereocenters. The maximum absolute atomic E-state index is 11.9. The Labute approximate surface area is 117 Å². The van der Waals surface area contributed by atoms with Gasteiger partial charge in [-0.1, -0.05) is 18.2 Å². The van der Waals surface area contributed by atoms with E-state index in [9.17, 15) is 4.79 Å². The van der Waals surface area contributed by atoms with Crippen molar-refractivity contribution in [1.82, 2.24) is 9.78 Å². The molecule has 0 amide bonds. The molecule has 0 saturated carbocycles. The molecule has 2 N–H and O–H groups in total. The number of benzene rings is 1. The fraction of sp³-hybridized carbons (Fsp3) is 0.286. The van der Waals surface area contributed by atoms with Crippen molar-refractivity contribution in [2.45, 2.75) is 6.92 Å². The summed E-state index contributed by atoms with van der Waals surface area (Å²) in [6.07, 6.45) is 0. The van der Waals surface area contributed by atoms with Gasteiger partial charge >= 0.3 is 5.97 Å². The fourth-order valence-corrected chi connectivity index (χ4v) is 1.90. The van der Waals surface area contributed by atoms with Crippen LogP contribution in [0.1, 0.15) is 17.3 Å². The summed E-state index contributed by atoms with van der Waals surface area (Å²) in [7, 11) is 3.18. The molecule has 6 nitrogen and oxygen atoms in total. The summed E-state index contributed by atoms with van der Waals surface area (Å²) >= 11 is 0. The zero-order valence-corrected chi connectivity index (χ0v) is 11.8. The van der Waals surface area contributed by atoms with Crippen LogP contribution in [-0.2, 0) is 4.74 Å². The second kappa shape index (κ2) is 5.64. The number of nitrogens with two attached hydrogens (primary N) is 1. The number of carbonyl (C=O) groups excluding carboxylic acids is 1. The molecule has 20 heavy (non-hydrogen) atoms. The van der Waals surface area contributed by atoms with Crippen LogP contribution in [-0.4, -0.2) is 36.5 Å². The highest BCUT2D eigenvalue weighted by atomic mass is 16.5. The van der Waals surface area contributed by atoms with Gasteiger partial charge in [-0.05, 0) is 19.1 Å². The number of esters is 1. The van der Waals surface area contributed by atoms with Crippen LogP contribution in [0.2, 0.25) is 0 Å². The molecule has 0 atom stereocenters. The van der Waals surface area contributed by atoms with Gasteiger partial charge in [0.25, 0.3) is 0 Å². The van der Waals surface area contributed by atoms with E-state index in [1.165, 1.54) is 7.11 Å². The van der Waals surface area contributed by atoms with Crippen LogP contribution < -0.4 is 10.6 Å². The topological polar surface area (TPSA) is 73.4 Å². The SMILES string of the molecule is CCN(C)c1nn(-c2ccccc2)c(N)c1C(=O)OC. The quantitative estimate of drug-likeness (QED) is 0.859. The van der Waals surface area contributed by atoms with Crippen LogP contribution in [0.25, 0.3) is 5.69 Å². The van der Waals surface area contributed by atoms with Crippen molar-refractivity contribution in [2.24, 2.45) is 0 Å². The van der Waals surface area contributed by atoms with Gasteiger partial charge in [0.2, 0.25) is 0 Å². The molecule has 2 aromatic rings. The molecule has 0 fully saturated rings. The number of carbonyl (C=O) groups is 1. The lowest BCUT2D eigenvalue weighted by Crippen LogP contribution is -2.19. The Morgan fingerprint density at radius 1 is 1.40 bits per heavy atom. The first-order valence-electron chi connectivity index (χ1n) is 6.33. The summed E-state index contributed by atoms with van der Waals surface area (Å²) in [4.78, 5) is 13.8. The number of nitrogens with zero attached hydrogens (tertiary/aromatic N) is 3. The Morgan fingerprint density at radius 3 is 2.60 bits per heavy atom. The minimum absolute atomic E-state index is 0.276. The predicted octanol–water partition coefficient (Wildman–Crippen LogP) is 1.70. The Hall–Kier alpha value is -2.50. The van der Waals surface area contributed by atoms with E-state index >= 15 is 0 Å². The number of aromatic nitrogens is 2. The van der Waals surface area contributed by atoms with Gasteiger partial charge in [0.05, 0.1) is 12.8 Å². The van der Waals surface area contributed by atoms with Crippen molar-refractivity contribution in [3.05, 3.63) is 35.9 Å². The molecule has 106 valence electrons. The predicted molar refractivity (Wildman–Crippen MR) is 78.3 cm³/mol. The molecule has 0 bridgehead atoms. The van der Waals surface area contributed by atoms with Crippen molar-refractivity contribution in [1.29, 1.82) is 0 Å². The van der Waals surface area contributed by atoms with E-state index in [1.807, 2.05) is 49.2 Å². The van der Waals surface area contributed by atoms with Crippen molar-refractivity contribution in [3.63, 3.8) is 0 Å². The Bertz CT molecular complexity index is 607. The number of ether oxygens (including phenoxy) is 1. The first-order chi connectivity index (χ1) is 9.60. The van der Waals surface area contributed by atoms with Crippen molar-refractivity contribution < 1.29 is 9.53 Å². The summed E-state index contributed by atoms with van der Waals surface area (Å²) in [6, 6.07) is 9.43. The summed E-state index contributed by atoms with van der Waals surface area (Å²) in [5.41, 5.74) is 7.17. The maximum Gasteiger partial charge on any atom is 0.345 e. The molecular formula is C14H18N4O2. The number of para-hydroxylation sites is 1. The van der Waals surface area contributed by atoms with Crippen LogP contribution in [0.3, 0.4) is 0 Å². The number of hydrogen-bond acceptors (Lipinski definition) is 5. The number of methoxy groups -OCH3 is 1. The normalized spacial score (nSPS) is 10.3. The molecule has 1 heterocycles. The number of rotatable bonds is 4. The van der Waals surface area contributed by atoms with Crippen LogP contribution in [0.15, 0.2) is 30.3 Å². The fourth-order valence-electron chi connectivity index (χ4n) is 1.90. The summed E-state index contributed by atoms with van der Waals surface area (Å²) < 4.78 is 6.35. The van der Waals surface area contributed by atoms with E-state index in [4.69, 9.17) is 10.5 Å². The van der Waals surface area contributed by atoms with Crippen LogP contribution in [0, 0.1) is 0 Å². The van der Waals surface area contributed by atoms with Crippen molar-refractivity contribution >= 4 is 17.6 Å². The Morgan fingerprint density at radius 2 is 2.05 bits per heavy atom. The number of nitrogen functional groups attached to an aromatic ring is 1. The molecule has 0 aliphatic heterocycles. The van der Waals surface area contributed by atoms with E-state index in [2.05, 4.69) is 5.10 Å². The first-order valence-corrected chi connectivity index (χ1v) is 6.33. The molecule has 1 aromatic heterocycles. The lowest BCUT2D eigenvalue weighted by molar-refractivity contribution is 0.0602. The second-order valence-electron chi connectivity index (χ2n) is 4.34. The summed E-state index contributed by atoms with van der Waals surface area (Å²) in [6.45, 7) is 2.67. The third-order valence-corrected chi connectivity index (χ3v) is 3.13. The van der Waals surface area contributed by atoms with Crippen LogP contribution in [0.5, 0.6) is 0 Å². The van der Waals surface area contributed by atoms with Gasteiger partial charge in [-0.15, -0.1) is 5.10 Å². The minimum atomic E-state index is -0.486. The molecular weight excluding hydrogens is 256 g/mol. The van der Waals surface area contributed by atoms with Gasteiger partial charge in [0.1, 0.15) is 11.4 Å². The molecule has 0 spiro atoms. The highest BCUT2D eigenvalue weighted by Crippen LogP contribution is 2.27. The Kier molecular flexibility index (Phi) is 3.93. The van der Waals surface area contributed by atoms with E-state index in [-0.39, 0.29) is 5.82 Å². The number of hydrogen-bond donors (Lipinski definition) is 1. The monoisotopic (exact) mass is 274 g/mol. The van der Waals surface area contributed by atoms with E-state index < -0.39 is 5.97 Å². The van der Waals surface area contributed by atoms with Gasteiger partial charge in [0.15, 0.2) is 5.82 Å². The average molecular weight is 274 g/mol. The molecule has 6 heteroatoms. The third kappa shape index (κ3) is 2.32. The van der Waals surface area contributed by atoms with Crippen molar-refractivity contribution in [3.8, 4) is 5.69 Å². The highest BCUT2D eigenvalue weighted by molar-refractivity contribution is 6.00. The summed E-state index contributed by atoms with van der Waals surface area (Å²) in [5, 5.41) is 4.44. The number of anilines is 2. The zero-order chi connectivity index (χ0) is 14.7. The van der Waals surface area contributed by atoms with Gasteiger partial charge < -0.3 is 15.4 Å².